The number of thiazole rings is 2. The first-order valence-corrected chi connectivity index (χ1v) is 17.5. The average Bonchev–Trinajstić information content (AvgIpc) is 3.69. The third-order valence-electron chi connectivity index (χ3n) is 7.31. The van der Waals surface area contributed by atoms with Crippen LogP contribution < -0.4 is 20.3 Å². The predicted octanol–water partition coefficient (Wildman–Crippen LogP) is 6.49. The highest BCUT2D eigenvalue weighted by Crippen LogP contribution is 2.34. The molecule has 5 aromatic rings. The fourth-order valence-corrected chi connectivity index (χ4v) is 6.83. The topological polar surface area (TPSA) is 129 Å². The van der Waals surface area contributed by atoms with Crippen LogP contribution in [0, 0.1) is 24.6 Å². The number of carbonyl (C=O) groups is 1. The third kappa shape index (κ3) is 9.70. The number of para-hydroxylation sites is 1. The highest BCUT2D eigenvalue weighted by atomic mass is 32.1. The Morgan fingerprint density at radius 1 is 1.06 bits per heavy atom. The van der Waals surface area contributed by atoms with Gasteiger partial charge in [0.2, 0.25) is 0 Å². The number of ether oxygens (including phenoxy) is 1. The van der Waals surface area contributed by atoms with Crippen LogP contribution in [0.4, 0.5) is 26.3 Å². The summed E-state index contributed by atoms with van der Waals surface area (Å²) in [5, 5.41) is 26.7. The number of benzene rings is 2. The van der Waals surface area contributed by atoms with E-state index in [2.05, 4.69) is 42.6 Å². The van der Waals surface area contributed by atoms with E-state index in [0.29, 0.717) is 53.1 Å². The number of hydrogen-bond acceptors (Lipinski definition) is 12. The van der Waals surface area contributed by atoms with Crippen molar-refractivity contribution in [3.8, 4) is 17.6 Å². The fraction of sp³-hybridized carbons (Fsp3) is 0.343. The van der Waals surface area contributed by atoms with Crippen LogP contribution in [0.25, 0.3) is 10.2 Å². The van der Waals surface area contributed by atoms with Crippen molar-refractivity contribution in [2.45, 2.75) is 32.6 Å². The Labute approximate surface area is 293 Å². The van der Waals surface area contributed by atoms with Crippen molar-refractivity contribution in [2.75, 3.05) is 57.6 Å². The number of nitrogens with one attached hydrogen (secondary N) is 2. The van der Waals surface area contributed by atoms with Crippen molar-refractivity contribution in [3.05, 3.63) is 76.0 Å². The van der Waals surface area contributed by atoms with Crippen molar-refractivity contribution >= 4 is 60.8 Å². The zero-order chi connectivity index (χ0) is 34.8. The lowest BCUT2D eigenvalue weighted by molar-refractivity contribution is 0.0690. The zero-order valence-electron chi connectivity index (χ0n) is 27.9. The predicted molar refractivity (Wildman–Crippen MR) is 195 cm³/mol. The van der Waals surface area contributed by atoms with Crippen molar-refractivity contribution in [2.24, 2.45) is 0 Å². The Balaban J connectivity index is 1.29. The molecule has 0 radical (unpaired) electrons. The maximum absolute atomic E-state index is 14.7. The molecule has 5 rings (SSSR count). The number of carboxylic acids is 1. The molecule has 256 valence electrons. The first-order chi connectivity index (χ1) is 23.7. The molecule has 0 aliphatic heterocycles. The lowest BCUT2D eigenvalue weighted by Crippen LogP contribution is -2.21. The standard InChI is InChI=1S/C35H39FN8O3S2/c1-23-21-30(41-42-32(23)40-34-38-26-12-5-6-13-28(26)48-34)44(19-8-7-17-37-2)35-39-31(33(45)46)29(49-35)14-10-20-47-27-16-15-24(22-25(27)36)11-9-18-43(3)4/h5-6,12-13,15-16,21-22,37H,7-8,10,14,17-20H2,1-4H3,(H,45,46)(H,38,40,42). The van der Waals surface area contributed by atoms with E-state index in [1.54, 1.807) is 12.1 Å². The van der Waals surface area contributed by atoms with Gasteiger partial charge in [0.1, 0.15) is 0 Å². The number of halogens is 1. The molecular formula is C35H39FN8O3S2. The Kier molecular flexibility index (Phi) is 12.4. The largest absolute Gasteiger partial charge is 0.491 e. The molecule has 2 aromatic carbocycles. The number of unbranched alkanes of at least 4 members (excludes halogenated alkanes) is 1. The van der Waals surface area contributed by atoms with Gasteiger partial charge in [-0.2, -0.15) is 0 Å². The second-order valence-electron chi connectivity index (χ2n) is 11.5. The van der Waals surface area contributed by atoms with Crippen LogP contribution in [0.2, 0.25) is 0 Å². The van der Waals surface area contributed by atoms with E-state index in [1.165, 1.54) is 28.7 Å². The molecule has 3 aromatic heterocycles. The molecule has 0 bridgehead atoms. The highest BCUT2D eigenvalue weighted by molar-refractivity contribution is 7.22. The van der Waals surface area contributed by atoms with Gasteiger partial charge >= 0.3 is 5.97 Å². The van der Waals surface area contributed by atoms with Gasteiger partial charge < -0.3 is 25.4 Å². The lowest BCUT2D eigenvalue weighted by atomic mass is 10.2. The second-order valence-corrected chi connectivity index (χ2v) is 13.6. The molecule has 0 saturated carbocycles. The number of aromatic nitrogens is 4. The van der Waals surface area contributed by atoms with Crippen LogP contribution in [-0.2, 0) is 6.42 Å². The molecule has 0 aliphatic rings. The summed E-state index contributed by atoms with van der Waals surface area (Å²) in [5.41, 5.74) is 2.33. The van der Waals surface area contributed by atoms with E-state index in [0.717, 1.165) is 40.3 Å². The molecule has 0 unspecified atom stereocenters. The molecule has 3 N–H and O–H groups in total. The number of aryl methyl sites for hydroxylation is 2. The fourth-order valence-electron chi connectivity index (χ4n) is 4.83. The number of aromatic carboxylic acids is 1. The number of fused-ring (bicyclic) bond motifs is 1. The zero-order valence-corrected chi connectivity index (χ0v) is 29.6. The minimum atomic E-state index is -1.11. The number of hydrogen-bond donors (Lipinski definition) is 3. The molecular weight excluding hydrogens is 664 g/mol. The Hall–Kier alpha value is -4.68. The Morgan fingerprint density at radius 2 is 1.90 bits per heavy atom. The van der Waals surface area contributed by atoms with E-state index in [9.17, 15) is 14.3 Å². The van der Waals surface area contributed by atoms with Crippen LogP contribution in [0.5, 0.6) is 5.75 Å². The van der Waals surface area contributed by atoms with E-state index in [1.807, 2.05) is 68.2 Å². The van der Waals surface area contributed by atoms with Gasteiger partial charge in [0.25, 0.3) is 0 Å². The van der Waals surface area contributed by atoms with Crippen LogP contribution in [0.1, 0.15) is 45.8 Å². The summed E-state index contributed by atoms with van der Waals surface area (Å²) in [7, 11) is 5.74. The van der Waals surface area contributed by atoms with Gasteiger partial charge in [-0.05, 0) is 102 Å². The minimum absolute atomic E-state index is 0.00846. The maximum atomic E-state index is 14.7. The van der Waals surface area contributed by atoms with Gasteiger partial charge in [0.15, 0.2) is 39.2 Å². The first kappa shape index (κ1) is 35.6. The molecule has 3 heterocycles. The summed E-state index contributed by atoms with van der Waals surface area (Å²) in [5.74, 6) is 5.62. The number of anilines is 4. The quantitative estimate of drug-likeness (QED) is 0.0771. The van der Waals surface area contributed by atoms with Crippen molar-refractivity contribution in [1.82, 2.24) is 30.4 Å². The molecule has 0 atom stereocenters. The van der Waals surface area contributed by atoms with Gasteiger partial charge in [0, 0.05) is 17.0 Å². The van der Waals surface area contributed by atoms with Gasteiger partial charge in [-0.25, -0.2) is 19.2 Å². The molecule has 0 fully saturated rings. The molecule has 0 spiro atoms. The van der Waals surface area contributed by atoms with Crippen LogP contribution in [-0.4, -0.2) is 83.5 Å². The van der Waals surface area contributed by atoms with Gasteiger partial charge in [-0.3, -0.25) is 4.90 Å². The van der Waals surface area contributed by atoms with Crippen LogP contribution in [0.3, 0.4) is 0 Å². The number of nitrogens with zero attached hydrogens (tertiary/aromatic N) is 6. The van der Waals surface area contributed by atoms with Crippen LogP contribution in [0.15, 0.2) is 48.5 Å². The number of rotatable bonds is 16. The second kappa shape index (κ2) is 17.1. The molecule has 11 nitrogen and oxygen atoms in total. The first-order valence-electron chi connectivity index (χ1n) is 15.9. The van der Waals surface area contributed by atoms with Gasteiger partial charge in [-0.15, -0.1) is 21.5 Å². The molecule has 0 aliphatic carbocycles. The monoisotopic (exact) mass is 702 g/mol. The van der Waals surface area contributed by atoms with Crippen molar-refractivity contribution < 1.29 is 19.0 Å². The third-order valence-corrected chi connectivity index (χ3v) is 9.40. The van der Waals surface area contributed by atoms with E-state index < -0.39 is 11.8 Å². The Morgan fingerprint density at radius 3 is 2.63 bits per heavy atom. The smallest absolute Gasteiger partial charge is 0.355 e. The van der Waals surface area contributed by atoms with Gasteiger partial charge in [-0.1, -0.05) is 35.3 Å². The normalized spacial score (nSPS) is 11.1. The average molecular weight is 703 g/mol. The maximum Gasteiger partial charge on any atom is 0.355 e. The highest BCUT2D eigenvalue weighted by Gasteiger charge is 2.23. The van der Waals surface area contributed by atoms with Gasteiger partial charge in [0.05, 0.1) is 23.4 Å². The SMILES string of the molecule is CNCCCCN(c1cc(C)c(Nc2nc3ccccc3s2)nn1)c1nc(C(=O)O)c(CCCOc2ccc(C#CCN(C)C)cc2F)s1. The molecule has 0 amide bonds. The summed E-state index contributed by atoms with van der Waals surface area (Å²) in [6, 6.07) is 14.5. The molecule has 49 heavy (non-hydrogen) atoms. The van der Waals surface area contributed by atoms with Crippen molar-refractivity contribution in [1.29, 1.82) is 0 Å². The van der Waals surface area contributed by atoms with Crippen molar-refractivity contribution in [3.63, 3.8) is 0 Å². The number of carboxylic acid groups (broad SMARTS) is 1. The molecule has 0 saturated heterocycles. The van der Waals surface area contributed by atoms with E-state index in [-0.39, 0.29) is 18.1 Å². The van der Waals surface area contributed by atoms with E-state index >= 15 is 0 Å². The Bertz CT molecular complexity index is 1920. The summed E-state index contributed by atoms with van der Waals surface area (Å²) >= 11 is 2.85. The summed E-state index contributed by atoms with van der Waals surface area (Å²) in [4.78, 5) is 25.9. The van der Waals surface area contributed by atoms with E-state index in [4.69, 9.17) is 4.74 Å². The molecule has 14 heteroatoms. The summed E-state index contributed by atoms with van der Waals surface area (Å²) < 4.78 is 21.4. The minimum Gasteiger partial charge on any atom is -0.491 e. The lowest BCUT2D eigenvalue weighted by Gasteiger charge is -2.21. The summed E-state index contributed by atoms with van der Waals surface area (Å²) in [6.45, 7) is 4.15. The summed E-state index contributed by atoms with van der Waals surface area (Å²) in [6.07, 6.45) is 2.61. The van der Waals surface area contributed by atoms with Crippen LogP contribution >= 0.6 is 22.7 Å².